The van der Waals surface area contributed by atoms with Gasteiger partial charge in [-0.15, -0.1) is 0 Å². The molecule has 0 saturated heterocycles. The van der Waals surface area contributed by atoms with E-state index in [2.05, 4.69) is 53.2 Å². The normalized spacial score (nSPS) is 11.3. The van der Waals surface area contributed by atoms with Crippen LogP contribution in [0.4, 0.5) is 0 Å². The monoisotopic (exact) mass is 2040 g/mol. The van der Waals surface area contributed by atoms with Crippen molar-refractivity contribution in [2.75, 3.05) is 139 Å². The molecule has 0 aliphatic carbocycles. The zero-order valence-electron chi connectivity index (χ0n) is 89.8. The first-order valence-corrected chi connectivity index (χ1v) is 48.5. The second-order valence-corrected chi connectivity index (χ2v) is 35.0. The first-order valence-electron chi connectivity index (χ1n) is 48.5. The van der Waals surface area contributed by atoms with Crippen LogP contribution in [0.1, 0.15) is 278 Å². The quantitative estimate of drug-likeness (QED) is 0.0386. The molecule has 142 heavy (non-hydrogen) atoms. The minimum absolute atomic E-state index is 0.00536. The lowest BCUT2D eigenvalue weighted by molar-refractivity contribution is -0.133. The van der Waals surface area contributed by atoms with E-state index in [9.17, 15) is 86.3 Å². The van der Waals surface area contributed by atoms with Crippen molar-refractivity contribution in [1.29, 1.82) is 0 Å². The topological polar surface area (TPSA) is 609 Å². The average Bonchev–Trinajstić information content (AvgIpc) is 0.862. The molecule has 11 amide bonds. The summed E-state index contributed by atoms with van der Waals surface area (Å²) in [5, 5.41) is 25.3. The summed E-state index contributed by atoms with van der Waals surface area (Å²) in [7, 11) is 0. The van der Waals surface area contributed by atoms with Crippen molar-refractivity contribution < 1.29 is 153 Å². The summed E-state index contributed by atoms with van der Waals surface area (Å²) in [6.07, 6.45) is 2.03. The molecule has 44 heteroatoms. The second-order valence-electron chi connectivity index (χ2n) is 35.0. The number of amides is 11. The molecular formula is C98H178N12O32. The Labute approximate surface area is 842 Å². The van der Waals surface area contributed by atoms with E-state index in [-0.39, 0.29) is 324 Å². The molecule has 0 saturated carbocycles. The summed E-state index contributed by atoms with van der Waals surface area (Å²) >= 11 is 0. The Morgan fingerprint density at radius 3 is 0.817 bits per heavy atom. The van der Waals surface area contributed by atoms with E-state index in [1.807, 2.05) is 166 Å². The fraction of sp³-hybridized carbons (Fsp3) is 0.755. The van der Waals surface area contributed by atoms with Crippen LogP contribution in [0.2, 0.25) is 0 Å². The SMILES string of the molecule is CC(C)OCCC(=O)C(CC(N)=O)NC(=O)COC(C)C.CC(C)OCCC(=O)C(CN)NC(=O)COC(C)C.CC(C)OCCC(=O)CCNC(=O)COC(C)C.CC(C)OCCC(=O)CNC(=O)COC(C)C.CC(C)OCNC(=O)CCC(=O)CNC(=O)COC(C)C.CC(C)OCNC(=O)c1ccc(C(=O)NCOC(C)C)cc1.CCOCC(=O)NCC(=O)CCC(=O)NCC(=O)CCOC(C)C. The highest BCUT2D eigenvalue weighted by Crippen LogP contribution is 2.08. The number of Topliss-reactive ketones (excluding diaryl/α,β-unsaturated/α-hetero) is 7. The van der Waals surface area contributed by atoms with Crippen molar-refractivity contribution >= 4 is 105 Å². The van der Waals surface area contributed by atoms with Gasteiger partial charge in [-0.2, -0.15) is 0 Å². The van der Waals surface area contributed by atoms with Crippen LogP contribution in [-0.4, -0.2) is 336 Å². The summed E-state index contributed by atoms with van der Waals surface area (Å²) in [6.45, 7) is 52.8. The lowest BCUT2D eigenvalue weighted by Crippen LogP contribution is -2.47. The maximum atomic E-state index is 12.0. The third kappa shape index (κ3) is 106. The number of hydrogen-bond acceptors (Lipinski definition) is 33. The van der Waals surface area contributed by atoms with Crippen molar-refractivity contribution in [2.45, 2.75) is 349 Å². The number of ketones is 7. The first kappa shape index (κ1) is 143. The molecule has 1 rings (SSSR count). The first-order chi connectivity index (χ1) is 66.5. The van der Waals surface area contributed by atoms with Crippen LogP contribution in [0, 0.1) is 0 Å². The number of benzene rings is 1. The molecule has 0 bridgehead atoms. The molecule has 0 aliphatic heterocycles. The van der Waals surface area contributed by atoms with E-state index < -0.39 is 23.9 Å². The van der Waals surface area contributed by atoms with Crippen LogP contribution in [0.3, 0.4) is 0 Å². The van der Waals surface area contributed by atoms with Gasteiger partial charge in [-0.3, -0.25) is 86.3 Å². The molecule has 0 radical (unpaired) electrons. The molecule has 44 nitrogen and oxygen atoms in total. The van der Waals surface area contributed by atoms with Crippen molar-refractivity contribution in [3.8, 4) is 0 Å². The summed E-state index contributed by atoms with van der Waals surface area (Å²) in [5.41, 5.74) is 11.5. The van der Waals surface area contributed by atoms with E-state index in [1.165, 1.54) is 0 Å². The number of nitrogens with two attached hydrogens (primary N) is 2. The number of nitrogens with one attached hydrogen (secondary N) is 10. The lowest BCUT2D eigenvalue weighted by atomic mass is 10.1. The molecule has 0 aliphatic rings. The van der Waals surface area contributed by atoms with Crippen molar-refractivity contribution in [3.63, 3.8) is 0 Å². The lowest BCUT2D eigenvalue weighted by Gasteiger charge is -2.17. The molecule has 822 valence electrons. The van der Waals surface area contributed by atoms with Gasteiger partial charge in [-0.25, -0.2) is 0 Å². The summed E-state index contributed by atoms with van der Waals surface area (Å²) in [5.74, 6) is -4.64. The summed E-state index contributed by atoms with van der Waals surface area (Å²) < 4.78 is 72.5. The second kappa shape index (κ2) is 92.6. The highest BCUT2D eigenvalue weighted by molar-refractivity contribution is 5.98. The maximum Gasteiger partial charge on any atom is 0.253 e. The van der Waals surface area contributed by atoms with Gasteiger partial charge in [0.1, 0.15) is 65.6 Å². The number of rotatable bonds is 73. The zero-order chi connectivity index (χ0) is 110. The fourth-order valence-electron chi connectivity index (χ4n) is 9.27. The van der Waals surface area contributed by atoms with Gasteiger partial charge in [-0.05, 0) is 211 Å². The predicted octanol–water partition coefficient (Wildman–Crippen LogP) is 4.88. The molecule has 0 fully saturated rings. The number of hydrogen-bond donors (Lipinski definition) is 12. The highest BCUT2D eigenvalue weighted by atomic mass is 16.5. The molecule has 14 N–H and O–H groups in total. The van der Waals surface area contributed by atoms with E-state index in [1.54, 1.807) is 45.0 Å². The standard InChI is InChI=1S/C16H28N2O6.C16H24N2O4.2C14H26N2O5.C13H26N2O4.C13H25NO4.C12H23NO4/c1-4-23-11-16(22)18-9-13(19)5-6-15(21)17-10-14(20)7-8-24-12(2)3;1-11(2)21-9-17-15(19)13-5-7-14(8-6-13)16(20)18-10-22-12(3)4;1-10(2)20-8-14(19)15-7-12(17)5-6-13(18)16-9-21-11(3)4;1-9(2)20-6-5-12(17)11(7-13(15)18)16-14(19)8-21-10(3)4;1-9(2)18-6-5-12(16)11(7-14)15-13(17)8-19-10(3)4;1-10(2)17-8-6-12(15)5-7-14-13(16)9-18-11(3)4;1-9(2)16-6-5-11(14)7-13-12(15)8-17-10(3)4/h12H,4-11H2,1-3H3,(H,17,21)(H,18,22);5-8,11-12H,9-10H2,1-4H3,(H,17,19)(H,18,20);10-11H,5-9H2,1-4H3,(H,15,19)(H,16,18);9-11H,5-8H2,1-4H3,(H2,15,18)(H,16,19);9-11H,5-8,14H2,1-4H3,(H,15,17);10-11H,5-9H2,1-4H3,(H,14,16);9-10H,5-8H2,1-4H3,(H,13,15). The van der Waals surface area contributed by atoms with Crippen LogP contribution < -0.4 is 64.6 Å². The smallest absolute Gasteiger partial charge is 0.253 e. The Balaban J connectivity index is -0.000000381. The zero-order valence-corrected chi connectivity index (χ0v) is 89.8. The van der Waals surface area contributed by atoms with Crippen LogP contribution in [0.25, 0.3) is 0 Å². The molecule has 0 aromatic heterocycles. The third-order valence-corrected chi connectivity index (χ3v) is 16.7. The molecule has 1 aromatic carbocycles. The van der Waals surface area contributed by atoms with Gasteiger partial charge in [-0.1, -0.05) is 0 Å². The van der Waals surface area contributed by atoms with Crippen LogP contribution in [0.5, 0.6) is 0 Å². The Morgan fingerprint density at radius 1 is 0.261 bits per heavy atom. The van der Waals surface area contributed by atoms with Gasteiger partial charge in [0.15, 0.2) is 34.7 Å². The molecular weight excluding hydrogens is 1860 g/mol. The Kier molecular flexibility index (Phi) is 93.4. The van der Waals surface area contributed by atoms with Crippen molar-refractivity contribution in [2.24, 2.45) is 11.5 Å². The van der Waals surface area contributed by atoms with Gasteiger partial charge in [0.25, 0.3) is 11.8 Å². The predicted molar refractivity (Wildman–Crippen MR) is 533 cm³/mol. The van der Waals surface area contributed by atoms with Crippen molar-refractivity contribution in [3.05, 3.63) is 35.4 Å². The van der Waals surface area contributed by atoms with Crippen LogP contribution in [-0.2, 0) is 143 Å². The molecule has 2 atom stereocenters. The van der Waals surface area contributed by atoms with Crippen LogP contribution >= 0.6 is 0 Å². The van der Waals surface area contributed by atoms with Gasteiger partial charge < -0.3 is 131 Å². The summed E-state index contributed by atoms with van der Waals surface area (Å²) in [4.78, 5) is 207. The van der Waals surface area contributed by atoms with Crippen LogP contribution in [0.15, 0.2) is 24.3 Å². The van der Waals surface area contributed by atoms with E-state index >= 15 is 0 Å². The largest absolute Gasteiger partial charge is 0.378 e. The molecule has 2 unspecified atom stereocenters. The Bertz CT molecular complexity index is 3610. The third-order valence-electron chi connectivity index (χ3n) is 16.7. The minimum Gasteiger partial charge on any atom is -0.378 e. The maximum absolute atomic E-state index is 12.0. The van der Waals surface area contributed by atoms with Gasteiger partial charge >= 0.3 is 0 Å². The van der Waals surface area contributed by atoms with E-state index in [4.69, 9.17) is 77.8 Å². The molecule has 0 spiro atoms. The van der Waals surface area contributed by atoms with Gasteiger partial charge in [0, 0.05) is 95.0 Å². The number of ether oxygens (including phenoxy) is 14. The highest BCUT2D eigenvalue weighted by Gasteiger charge is 2.25. The fourth-order valence-corrected chi connectivity index (χ4v) is 9.27. The molecule has 0 heterocycles. The number of carbonyl (C=O) groups is 18. The number of carbonyl (C=O) groups excluding carboxylic acids is 18. The van der Waals surface area contributed by atoms with E-state index in [0.29, 0.717) is 70.0 Å². The minimum atomic E-state index is -0.929. The average molecular weight is 2040 g/mol. The Morgan fingerprint density at radius 2 is 0.514 bits per heavy atom. The Hall–Kier alpha value is -9.52. The van der Waals surface area contributed by atoms with E-state index in [0.717, 1.165) is 0 Å². The van der Waals surface area contributed by atoms with Crippen molar-refractivity contribution in [1.82, 2.24) is 53.2 Å². The summed E-state index contributed by atoms with van der Waals surface area (Å²) in [6, 6.07) is 4.80. The molecule has 1 aromatic rings. The van der Waals surface area contributed by atoms with Gasteiger partial charge in [0.05, 0.1) is 157 Å². The number of primary amides is 1. The van der Waals surface area contributed by atoms with Gasteiger partial charge in [0.2, 0.25) is 53.2 Å².